The zero-order valence-electron chi connectivity index (χ0n) is 16.2. The van der Waals surface area contributed by atoms with Crippen molar-refractivity contribution in [3.8, 4) is 23.0 Å². The van der Waals surface area contributed by atoms with Crippen molar-refractivity contribution in [2.75, 3.05) is 34.5 Å². The molecule has 0 heterocycles. The van der Waals surface area contributed by atoms with Gasteiger partial charge in [-0.15, -0.1) is 0 Å². The Morgan fingerprint density at radius 2 is 1.61 bits per heavy atom. The lowest BCUT2D eigenvalue weighted by Crippen LogP contribution is -2.28. The molecule has 146 valence electrons. The van der Waals surface area contributed by atoms with Gasteiger partial charge in [-0.3, -0.25) is 4.79 Å². The Bertz CT molecular complexity index is 970. The monoisotopic (exact) mass is 381 g/mol. The number of fused-ring (bicyclic) bond motifs is 1. The molecular formula is C22H23NO5. The molecule has 0 bridgehead atoms. The molecular weight excluding hydrogens is 358 g/mol. The Morgan fingerprint density at radius 1 is 0.857 bits per heavy atom. The van der Waals surface area contributed by atoms with Gasteiger partial charge in [0.1, 0.15) is 12.4 Å². The van der Waals surface area contributed by atoms with E-state index in [-0.39, 0.29) is 5.91 Å². The van der Waals surface area contributed by atoms with Gasteiger partial charge in [-0.05, 0) is 35.0 Å². The second-order valence-electron chi connectivity index (χ2n) is 6.00. The Balaban J connectivity index is 1.61. The maximum atomic E-state index is 12.5. The summed E-state index contributed by atoms with van der Waals surface area (Å²) in [6, 6.07) is 17.3. The predicted molar refractivity (Wildman–Crippen MR) is 108 cm³/mol. The second-order valence-corrected chi connectivity index (χ2v) is 6.00. The van der Waals surface area contributed by atoms with Gasteiger partial charge in [0.25, 0.3) is 5.91 Å². The van der Waals surface area contributed by atoms with Crippen molar-refractivity contribution in [2.45, 2.75) is 0 Å². The Kier molecular flexibility index (Phi) is 6.22. The van der Waals surface area contributed by atoms with Crippen molar-refractivity contribution >= 4 is 16.7 Å². The molecule has 0 fully saturated rings. The molecule has 0 aliphatic carbocycles. The van der Waals surface area contributed by atoms with Crippen molar-refractivity contribution in [3.63, 3.8) is 0 Å². The highest BCUT2D eigenvalue weighted by Gasteiger charge is 2.20. The number of benzene rings is 3. The van der Waals surface area contributed by atoms with Crippen LogP contribution in [0.3, 0.4) is 0 Å². The van der Waals surface area contributed by atoms with Crippen LogP contribution >= 0.6 is 0 Å². The largest absolute Gasteiger partial charge is 0.493 e. The average Bonchev–Trinajstić information content (AvgIpc) is 2.75. The fourth-order valence-electron chi connectivity index (χ4n) is 2.97. The molecule has 0 aliphatic rings. The fourth-order valence-corrected chi connectivity index (χ4v) is 2.97. The second kappa shape index (κ2) is 8.99. The van der Waals surface area contributed by atoms with Crippen LogP contribution in [0.25, 0.3) is 10.8 Å². The minimum atomic E-state index is -0.278. The quantitative estimate of drug-likeness (QED) is 0.603. The van der Waals surface area contributed by atoms with Crippen LogP contribution < -0.4 is 24.3 Å². The van der Waals surface area contributed by atoms with E-state index in [1.165, 1.54) is 21.3 Å². The van der Waals surface area contributed by atoms with Gasteiger partial charge in [0.05, 0.1) is 33.4 Å². The number of carbonyl (C=O) groups excluding carboxylic acids is 1. The van der Waals surface area contributed by atoms with Crippen LogP contribution in [0.5, 0.6) is 23.0 Å². The molecule has 3 aromatic rings. The van der Waals surface area contributed by atoms with E-state index in [1.54, 1.807) is 12.1 Å². The standard InChI is InChI=1S/C22H23NO5/c1-25-19-11-10-18(20(26-2)21(19)27-3)22(24)23-12-13-28-17-9-8-15-6-4-5-7-16(15)14-17/h4-11,14H,12-13H2,1-3H3,(H,23,24). The molecule has 28 heavy (non-hydrogen) atoms. The summed E-state index contributed by atoms with van der Waals surface area (Å²) >= 11 is 0. The van der Waals surface area contributed by atoms with Gasteiger partial charge in [0.2, 0.25) is 5.75 Å². The van der Waals surface area contributed by atoms with Gasteiger partial charge >= 0.3 is 0 Å². The van der Waals surface area contributed by atoms with E-state index in [2.05, 4.69) is 11.4 Å². The van der Waals surface area contributed by atoms with Crippen LogP contribution in [0.1, 0.15) is 10.4 Å². The van der Waals surface area contributed by atoms with E-state index < -0.39 is 0 Å². The first-order valence-electron chi connectivity index (χ1n) is 8.86. The van der Waals surface area contributed by atoms with Crippen molar-refractivity contribution in [1.29, 1.82) is 0 Å². The van der Waals surface area contributed by atoms with Crippen molar-refractivity contribution in [2.24, 2.45) is 0 Å². The maximum Gasteiger partial charge on any atom is 0.255 e. The van der Waals surface area contributed by atoms with E-state index in [9.17, 15) is 4.79 Å². The van der Waals surface area contributed by atoms with Crippen LogP contribution in [0, 0.1) is 0 Å². The van der Waals surface area contributed by atoms with Crippen LogP contribution in [0.2, 0.25) is 0 Å². The summed E-state index contributed by atoms with van der Waals surface area (Å²) < 4.78 is 21.6. The van der Waals surface area contributed by atoms with Crippen LogP contribution in [-0.4, -0.2) is 40.4 Å². The average molecular weight is 381 g/mol. The highest BCUT2D eigenvalue weighted by molar-refractivity contribution is 5.98. The van der Waals surface area contributed by atoms with E-state index in [0.717, 1.165) is 16.5 Å². The highest BCUT2D eigenvalue weighted by atomic mass is 16.5. The minimum absolute atomic E-state index is 0.278. The molecule has 0 spiro atoms. The molecule has 0 aliphatic heterocycles. The molecule has 0 atom stereocenters. The first-order chi connectivity index (χ1) is 13.7. The fraction of sp³-hybridized carbons (Fsp3) is 0.227. The zero-order chi connectivity index (χ0) is 19.9. The van der Waals surface area contributed by atoms with Crippen molar-refractivity contribution < 1.29 is 23.7 Å². The minimum Gasteiger partial charge on any atom is -0.493 e. The number of rotatable bonds is 8. The summed E-state index contributed by atoms with van der Waals surface area (Å²) in [5.41, 5.74) is 0.367. The molecule has 0 saturated heterocycles. The Labute approximate surface area is 164 Å². The van der Waals surface area contributed by atoms with Gasteiger partial charge in [-0.1, -0.05) is 30.3 Å². The van der Waals surface area contributed by atoms with Crippen LogP contribution in [0.15, 0.2) is 54.6 Å². The molecule has 0 saturated carbocycles. The molecule has 1 N–H and O–H groups in total. The molecule has 3 rings (SSSR count). The number of amides is 1. The smallest absolute Gasteiger partial charge is 0.255 e. The predicted octanol–water partition coefficient (Wildman–Crippen LogP) is 3.67. The molecule has 6 heteroatoms. The van der Waals surface area contributed by atoms with Crippen LogP contribution in [-0.2, 0) is 0 Å². The number of nitrogens with one attached hydrogen (secondary N) is 1. The SMILES string of the molecule is COc1ccc(C(=O)NCCOc2ccc3ccccc3c2)c(OC)c1OC. The Morgan fingerprint density at radius 3 is 2.32 bits per heavy atom. The lowest BCUT2D eigenvalue weighted by Gasteiger charge is -2.15. The third kappa shape index (κ3) is 4.11. The van der Waals surface area contributed by atoms with Gasteiger partial charge in [-0.2, -0.15) is 0 Å². The number of hydrogen-bond acceptors (Lipinski definition) is 5. The zero-order valence-corrected chi connectivity index (χ0v) is 16.2. The summed E-state index contributed by atoms with van der Waals surface area (Å²) in [6.45, 7) is 0.697. The summed E-state index contributed by atoms with van der Waals surface area (Å²) in [6.07, 6.45) is 0. The molecule has 6 nitrogen and oxygen atoms in total. The van der Waals surface area contributed by atoms with Gasteiger partial charge in [0.15, 0.2) is 11.5 Å². The van der Waals surface area contributed by atoms with E-state index in [1.807, 2.05) is 36.4 Å². The molecule has 0 aromatic heterocycles. The lowest BCUT2D eigenvalue weighted by molar-refractivity contribution is 0.0943. The highest BCUT2D eigenvalue weighted by Crippen LogP contribution is 2.39. The summed E-state index contributed by atoms with van der Waals surface area (Å²) in [7, 11) is 4.51. The topological polar surface area (TPSA) is 66.0 Å². The van der Waals surface area contributed by atoms with Gasteiger partial charge in [0, 0.05) is 0 Å². The number of hydrogen-bond donors (Lipinski definition) is 1. The first-order valence-corrected chi connectivity index (χ1v) is 8.86. The summed E-state index contributed by atoms with van der Waals surface area (Å²) in [5.74, 6) is 1.69. The molecule has 0 unspecified atom stereocenters. The van der Waals surface area contributed by atoms with Crippen LogP contribution in [0.4, 0.5) is 0 Å². The van der Waals surface area contributed by atoms with Gasteiger partial charge < -0.3 is 24.3 Å². The molecule has 1 amide bonds. The number of carbonyl (C=O) groups is 1. The van der Waals surface area contributed by atoms with Gasteiger partial charge in [-0.25, -0.2) is 0 Å². The van der Waals surface area contributed by atoms with E-state index in [4.69, 9.17) is 18.9 Å². The molecule has 0 radical (unpaired) electrons. The van der Waals surface area contributed by atoms with Crippen molar-refractivity contribution in [3.05, 3.63) is 60.2 Å². The van der Waals surface area contributed by atoms with E-state index >= 15 is 0 Å². The maximum absolute atomic E-state index is 12.5. The number of ether oxygens (including phenoxy) is 4. The normalized spacial score (nSPS) is 10.4. The summed E-state index contributed by atoms with van der Waals surface area (Å²) in [4.78, 5) is 12.5. The first kappa shape index (κ1) is 19.4. The third-order valence-electron chi connectivity index (χ3n) is 4.33. The number of methoxy groups -OCH3 is 3. The third-order valence-corrected chi connectivity index (χ3v) is 4.33. The van der Waals surface area contributed by atoms with Crippen molar-refractivity contribution in [1.82, 2.24) is 5.32 Å². The lowest BCUT2D eigenvalue weighted by atomic mass is 10.1. The van der Waals surface area contributed by atoms with E-state index in [0.29, 0.717) is 36.0 Å². The summed E-state index contributed by atoms with van der Waals surface area (Å²) in [5, 5.41) is 5.10. The Hall–Kier alpha value is -3.41. The molecule has 3 aromatic carbocycles.